The number of halogens is 2. The third-order valence-corrected chi connectivity index (χ3v) is 3.14. The van der Waals surface area contributed by atoms with Gasteiger partial charge in [0.1, 0.15) is 5.82 Å². The molecule has 5 heteroatoms. The molecule has 3 nitrogen and oxygen atoms in total. The van der Waals surface area contributed by atoms with E-state index >= 15 is 0 Å². The number of imidazole rings is 1. The molecule has 1 heterocycles. The summed E-state index contributed by atoms with van der Waals surface area (Å²) in [5.41, 5.74) is -0.0629. The zero-order valence-electron chi connectivity index (χ0n) is 12.6. The third kappa shape index (κ3) is 4.36. The molecule has 0 aliphatic carbocycles. The van der Waals surface area contributed by atoms with Crippen molar-refractivity contribution in [2.45, 2.75) is 45.3 Å². The van der Waals surface area contributed by atoms with E-state index in [1.54, 1.807) is 30.6 Å². The van der Waals surface area contributed by atoms with Gasteiger partial charge in [-0.2, -0.15) is 8.78 Å². The van der Waals surface area contributed by atoms with Gasteiger partial charge in [-0.25, -0.2) is 4.98 Å². The maximum absolute atomic E-state index is 14.3. The van der Waals surface area contributed by atoms with E-state index in [9.17, 15) is 8.78 Å². The molecule has 1 aromatic heterocycles. The van der Waals surface area contributed by atoms with Gasteiger partial charge in [0.15, 0.2) is 0 Å². The molecule has 0 radical (unpaired) electrons. The first-order chi connectivity index (χ1) is 9.78. The molecule has 0 amide bonds. The highest BCUT2D eigenvalue weighted by molar-refractivity contribution is 5.20. The average molecular weight is 293 g/mol. The van der Waals surface area contributed by atoms with Crippen LogP contribution in [0.3, 0.4) is 0 Å². The van der Waals surface area contributed by atoms with Gasteiger partial charge in [0.05, 0.1) is 13.1 Å². The van der Waals surface area contributed by atoms with E-state index in [2.05, 4.69) is 10.3 Å². The first kappa shape index (κ1) is 15.6. The zero-order chi connectivity index (χ0) is 15.5. The van der Waals surface area contributed by atoms with Gasteiger partial charge < -0.3 is 9.88 Å². The second-order valence-corrected chi connectivity index (χ2v) is 6.15. The molecule has 0 aliphatic rings. The first-order valence-corrected chi connectivity index (χ1v) is 6.96. The van der Waals surface area contributed by atoms with Gasteiger partial charge in [-0.15, -0.1) is 0 Å². The Morgan fingerprint density at radius 2 is 1.81 bits per heavy atom. The quantitative estimate of drug-likeness (QED) is 0.913. The number of nitrogens with zero attached hydrogens (tertiary/aromatic N) is 2. The van der Waals surface area contributed by atoms with Crippen LogP contribution in [-0.4, -0.2) is 15.1 Å². The molecule has 0 aliphatic heterocycles. The van der Waals surface area contributed by atoms with Crippen LogP contribution in [0, 0.1) is 0 Å². The molecular formula is C16H21F2N3. The van der Waals surface area contributed by atoms with Crippen LogP contribution < -0.4 is 5.32 Å². The van der Waals surface area contributed by atoms with Gasteiger partial charge >= 0.3 is 0 Å². The molecular weight excluding hydrogens is 272 g/mol. The van der Waals surface area contributed by atoms with Crippen molar-refractivity contribution in [3.05, 3.63) is 54.1 Å². The number of rotatable bonds is 5. The minimum atomic E-state index is -2.92. The van der Waals surface area contributed by atoms with Crippen molar-refractivity contribution in [2.75, 3.05) is 0 Å². The van der Waals surface area contributed by atoms with Crippen molar-refractivity contribution in [1.29, 1.82) is 0 Å². The number of benzene rings is 1. The summed E-state index contributed by atoms with van der Waals surface area (Å²) in [6, 6.07) is 7.88. The molecule has 0 saturated carbocycles. The summed E-state index contributed by atoms with van der Waals surface area (Å²) in [5, 5.41) is 3.26. The average Bonchev–Trinajstić information content (AvgIpc) is 2.83. The highest BCUT2D eigenvalue weighted by Gasteiger charge is 2.32. The summed E-state index contributed by atoms with van der Waals surface area (Å²) >= 11 is 0. The molecule has 2 rings (SSSR count). The maximum atomic E-state index is 14.3. The van der Waals surface area contributed by atoms with Crippen molar-refractivity contribution in [2.24, 2.45) is 0 Å². The van der Waals surface area contributed by atoms with Crippen LogP contribution in [0.25, 0.3) is 0 Å². The van der Waals surface area contributed by atoms with Crippen molar-refractivity contribution in [1.82, 2.24) is 14.9 Å². The third-order valence-electron chi connectivity index (χ3n) is 3.14. The Balaban J connectivity index is 2.11. The molecule has 0 spiro atoms. The van der Waals surface area contributed by atoms with Crippen molar-refractivity contribution in [3.8, 4) is 0 Å². The van der Waals surface area contributed by atoms with E-state index in [1.165, 1.54) is 16.7 Å². The Labute approximate surface area is 124 Å². The lowest BCUT2D eigenvalue weighted by molar-refractivity contribution is -0.0230. The summed E-state index contributed by atoms with van der Waals surface area (Å²) < 4.78 is 30.1. The highest BCUT2D eigenvalue weighted by Crippen LogP contribution is 2.29. The van der Waals surface area contributed by atoms with Crippen LogP contribution in [0.15, 0.2) is 42.7 Å². The van der Waals surface area contributed by atoms with Gasteiger partial charge in [0, 0.05) is 23.5 Å². The standard InChI is InChI=1S/C16H21F2N3/c1-15(2,3)20-11-14-19-9-10-21(14)12-16(17,18)13-7-5-4-6-8-13/h4-10,20H,11-12H2,1-3H3. The first-order valence-electron chi connectivity index (χ1n) is 6.96. The van der Waals surface area contributed by atoms with Crippen molar-refractivity contribution >= 4 is 0 Å². The summed E-state index contributed by atoms with van der Waals surface area (Å²) in [4.78, 5) is 4.16. The molecule has 1 N–H and O–H groups in total. The molecule has 0 bridgehead atoms. The fourth-order valence-electron chi connectivity index (χ4n) is 1.98. The van der Waals surface area contributed by atoms with E-state index < -0.39 is 12.5 Å². The minimum Gasteiger partial charge on any atom is -0.327 e. The molecule has 21 heavy (non-hydrogen) atoms. The van der Waals surface area contributed by atoms with Crippen molar-refractivity contribution < 1.29 is 8.78 Å². The van der Waals surface area contributed by atoms with Gasteiger partial charge in [-0.05, 0) is 20.8 Å². The van der Waals surface area contributed by atoms with Crippen LogP contribution in [0.4, 0.5) is 8.78 Å². The Bertz CT molecular complexity index is 571. The Morgan fingerprint density at radius 1 is 1.14 bits per heavy atom. The highest BCUT2D eigenvalue weighted by atomic mass is 19.3. The van der Waals surface area contributed by atoms with Crippen LogP contribution in [-0.2, 0) is 19.0 Å². The zero-order valence-corrected chi connectivity index (χ0v) is 12.6. The van der Waals surface area contributed by atoms with E-state index in [0.29, 0.717) is 12.4 Å². The number of hydrogen-bond donors (Lipinski definition) is 1. The van der Waals surface area contributed by atoms with Crippen molar-refractivity contribution in [3.63, 3.8) is 0 Å². The maximum Gasteiger partial charge on any atom is 0.290 e. The second kappa shape index (κ2) is 5.93. The van der Waals surface area contributed by atoms with Gasteiger partial charge in [-0.1, -0.05) is 30.3 Å². The fraction of sp³-hybridized carbons (Fsp3) is 0.438. The smallest absolute Gasteiger partial charge is 0.290 e. The minimum absolute atomic E-state index is 0.0217. The lowest BCUT2D eigenvalue weighted by Gasteiger charge is -2.22. The SMILES string of the molecule is CC(C)(C)NCc1nccn1CC(F)(F)c1ccccc1. The van der Waals surface area contributed by atoms with E-state index in [0.717, 1.165) is 0 Å². The molecule has 0 unspecified atom stereocenters. The lowest BCUT2D eigenvalue weighted by atomic mass is 10.1. The largest absolute Gasteiger partial charge is 0.327 e. The summed E-state index contributed by atoms with van der Waals surface area (Å²) in [7, 11) is 0. The van der Waals surface area contributed by atoms with Crippen LogP contribution in [0.1, 0.15) is 32.2 Å². The summed E-state index contributed by atoms with van der Waals surface area (Å²) in [6.07, 6.45) is 3.15. The number of alkyl halides is 2. The molecule has 1 aromatic carbocycles. The van der Waals surface area contributed by atoms with Gasteiger partial charge in [0.2, 0.25) is 0 Å². The number of nitrogens with one attached hydrogen (secondary N) is 1. The second-order valence-electron chi connectivity index (χ2n) is 6.15. The Kier molecular flexibility index (Phi) is 4.42. The molecule has 114 valence electrons. The lowest BCUT2D eigenvalue weighted by Crippen LogP contribution is -2.36. The van der Waals surface area contributed by atoms with Gasteiger partial charge in [-0.3, -0.25) is 0 Å². The Morgan fingerprint density at radius 3 is 2.43 bits per heavy atom. The van der Waals surface area contributed by atoms with Crippen LogP contribution >= 0.6 is 0 Å². The van der Waals surface area contributed by atoms with Crippen LogP contribution in [0.2, 0.25) is 0 Å². The van der Waals surface area contributed by atoms with E-state index in [4.69, 9.17) is 0 Å². The van der Waals surface area contributed by atoms with E-state index in [-0.39, 0.29) is 11.1 Å². The van der Waals surface area contributed by atoms with E-state index in [1.807, 2.05) is 20.8 Å². The molecule has 0 saturated heterocycles. The summed E-state index contributed by atoms with van der Waals surface area (Å²) in [5.74, 6) is -2.31. The van der Waals surface area contributed by atoms with Gasteiger partial charge in [0.25, 0.3) is 5.92 Å². The predicted molar refractivity (Wildman–Crippen MR) is 79.2 cm³/mol. The molecule has 0 atom stereocenters. The molecule has 2 aromatic rings. The normalized spacial score (nSPS) is 12.6. The topological polar surface area (TPSA) is 29.9 Å². The predicted octanol–water partition coefficient (Wildman–Crippen LogP) is 3.56. The fourth-order valence-corrected chi connectivity index (χ4v) is 1.98. The number of hydrogen-bond acceptors (Lipinski definition) is 2. The van der Waals surface area contributed by atoms with Crippen LogP contribution in [0.5, 0.6) is 0 Å². The summed E-state index contributed by atoms with van der Waals surface area (Å²) in [6.45, 7) is 6.14. The number of aromatic nitrogens is 2. The Hall–Kier alpha value is -1.75. The molecule has 0 fully saturated rings. The monoisotopic (exact) mass is 293 g/mol.